The zero-order chi connectivity index (χ0) is 30.5. The van der Waals surface area contributed by atoms with Crippen molar-refractivity contribution in [2.75, 3.05) is 0 Å². The Bertz CT molecular complexity index is 2280. The second-order valence-corrected chi connectivity index (χ2v) is 13.0. The highest BCUT2D eigenvalue weighted by atomic mass is 32.2. The van der Waals surface area contributed by atoms with Crippen LogP contribution in [0.5, 0.6) is 0 Å². The van der Waals surface area contributed by atoms with Gasteiger partial charge in [0.2, 0.25) is 0 Å². The van der Waals surface area contributed by atoms with Crippen LogP contribution in [0.3, 0.4) is 0 Å². The monoisotopic (exact) mass is 602 g/mol. The fraction of sp³-hybridized carbons (Fsp3) is 0.0222. The number of fused-ring (bicyclic) bond motifs is 4. The molecule has 0 spiro atoms. The van der Waals surface area contributed by atoms with Gasteiger partial charge in [0.25, 0.3) is 0 Å². The van der Waals surface area contributed by atoms with Crippen molar-refractivity contribution in [2.45, 2.75) is 10.6 Å². The van der Waals surface area contributed by atoms with E-state index >= 15 is 0 Å². The predicted molar refractivity (Wildman–Crippen MR) is 198 cm³/mol. The molecule has 46 heavy (non-hydrogen) atoms. The Morgan fingerprint density at radius 2 is 0.826 bits per heavy atom. The van der Waals surface area contributed by atoms with E-state index in [4.69, 9.17) is 0 Å². The molecule has 0 N–H and O–H groups in total. The maximum absolute atomic E-state index is 2.38. The lowest BCUT2D eigenvalue weighted by molar-refractivity contribution is 1.38. The van der Waals surface area contributed by atoms with Gasteiger partial charge >= 0.3 is 0 Å². The van der Waals surface area contributed by atoms with Crippen molar-refractivity contribution < 1.29 is 0 Å². The van der Waals surface area contributed by atoms with E-state index in [2.05, 4.69) is 170 Å². The first-order valence-corrected chi connectivity index (χ1v) is 16.9. The largest absolute Gasteiger partial charge is 0.121 e. The molecule has 0 radical (unpaired) electrons. The lowest BCUT2D eigenvalue weighted by atomic mass is 9.82. The fourth-order valence-electron chi connectivity index (χ4n) is 7.33. The van der Waals surface area contributed by atoms with Crippen LogP contribution in [0.1, 0.15) is 5.56 Å². The average Bonchev–Trinajstić information content (AvgIpc) is 3.46. The van der Waals surface area contributed by atoms with Gasteiger partial charge < -0.3 is 0 Å². The minimum atomic E-state index is 0.960. The van der Waals surface area contributed by atoms with Gasteiger partial charge in [-0.2, -0.15) is 0 Å². The molecule has 0 atom stereocenters. The first-order chi connectivity index (χ1) is 22.8. The zero-order valence-electron chi connectivity index (χ0n) is 25.3. The molecule has 1 aliphatic carbocycles. The molecule has 0 amide bonds. The highest BCUT2D eigenvalue weighted by Gasteiger charge is 2.31. The number of rotatable bonds is 6. The van der Waals surface area contributed by atoms with Crippen LogP contribution in [-0.2, 0) is 5.75 Å². The van der Waals surface area contributed by atoms with Crippen LogP contribution in [0.2, 0.25) is 0 Å². The summed E-state index contributed by atoms with van der Waals surface area (Å²) >= 11 is 1.88. The third-order valence-corrected chi connectivity index (χ3v) is 10.4. The molecule has 1 heteroatoms. The predicted octanol–water partition coefficient (Wildman–Crippen LogP) is 12.9. The molecule has 216 valence electrons. The molecular formula is C45H30S. The third kappa shape index (κ3) is 4.39. The van der Waals surface area contributed by atoms with Gasteiger partial charge in [-0.25, -0.2) is 0 Å². The minimum Gasteiger partial charge on any atom is -0.121 e. The first-order valence-electron chi connectivity index (χ1n) is 15.9. The summed E-state index contributed by atoms with van der Waals surface area (Å²) in [6, 6.07) is 62.3. The molecule has 0 saturated carbocycles. The van der Waals surface area contributed by atoms with Gasteiger partial charge in [-0.05, 0) is 94.9 Å². The first kappa shape index (κ1) is 27.0. The van der Waals surface area contributed by atoms with Crippen molar-refractivity contribution in [1.29, 1.82) is 0 Å². The lowest BCUT2D eigenvalue weighted by Crippen LogP contribution is -1.93. The van der Waals surface area contributed by atoms with Gasteiger partial charge in [-0.15, -0.1) is 11.8 Å². The van der Waals surface area contributed by atoms with E-state index in [-0.39, 0.29) is 0 Å². The molecule has 8 aromatic rings. The molecule has 0 unspecified atom stereocenters. The number of hydrogen-bond acceptors (Lipinski definition) is 1. The molecule has 0 fully saturated rings. The van der Waals surface area contributed by atoms with Gasteiger partial charge in [-0.3, -0.25) is 0 Å². The van der Waals surface area contributed by atoms with Gasteiger partial charge in [-0.1, -0.05) is 158 Å². The summed E-state index contributed by atoms with van der Waals surface area (Å²) in [5, 5.41) is 5.24. The summed E-state index contributed by atoms with van der Waals surface area (Å²) in [4.78, 5) is 1.30. The molecule has 0 saturated heterocycles. The maximum atomic E-state index is 2.38. The molecule has 8 aromatic carbocycles. The molecule has 0 heterocycles. The van der Waals surface area contributed by atoms with Crippen LogP contribution in [-0.4, -0.2) is 0 Å². The van der Waals surface area contributed by atoms with Crippen LogP contribution in [0.4, 0.5) is 0 Å². The van der Waals surface area contributed by atoms with Crippen molar-refractivity contribution in [1.82, 2.24) is 0 Å². The van der Waals surface area contributed by atoms with Crippen LogP contribution >= 0.6 is 11.8 Å². The number of hydrogen-bond donors (Lipinski definition) is 0. The summed E-state index contributed by atoms with van der Waals surface area (Å²) < 4.78 is 0. The molecule has 1 aliphatic rings. The average molecular weight is 603 g/mol. The van der Waals surface area contributed by atoms with E-state index in [9.17, 15) is 0 Å². The van der Waals surface area contributed by atoms with Gasteiger partial charge in [0.05, 0.1) is 0 Å². The SMILES string of the molecule is c1ccc(SCc2ccc(-c3ccc4c5c(cccc35)-c3c-4c(-c4ccccc4)c4ccccc4c3-c3ccccc3)cc2)cc1. The van der Waals surface area contributed by atoms with Crippen molar-refractivity contribution in [2.24, 2.45) is 0 Å². The van der Waals surface area contributed by atoms with E-state index in [1.807, 2.05) is 11.8 Å². The summed E-state index contributed by atoms with van der Waals surface area (Å²) in [6.07, 6.45) is 0. The summed E-state index contributed by atoms with van der Waals surface area (Å²) in [6.45, 7) is 0. The third-order valence-electron chi connectivity index (χ3n) is 9.33. The normalized spacial score (nSPS) is 11.7. The van der Waals surface area contributed by atoms with E-state index in [1.54, 1.807) is 0 Å². The Kier molecular flexibility index (Phi) is 6.58. The van der Waals surface area contributed by atoms with E-state index in [1.165, 1.54) is 87.6 Å². The number of benzene rings is 8. The minimum absolute atomic E-state index is 0.960. The Morgan fingerprint density at radius 1 is 0.326 bits per heavy atom. The van der Waals surface area contributed by atoms with Crippen molar-refractivity contribution in [3.05, 3.63) is 175 Å². The fourth-order valence-corrected chi connectivity index (χ4v) is 8.20. The lowest BCUT2D eigenvalue weighted by Gasteiger charge is -2.20. The van der Waals surface area contributed by atoms with Gasteiger partial charge in [0, 0.05) is 10.6 Å². The topological polar surface area (TPSA) is 0 Å². The van der Waals surface area contributed by atoms with E-state index < -0.39 is 0 Å². The highest BCUT2D eigenvalue weighted by molar-refractivity contribution is 7.98. The Labute approximate surface area is 274 Å². The molecule has 9 rings (SSSR count). The van der Waals surface area contributed by atoms with Crippen molar-refractivity contribution in [3.63, 3.8) is 0 Å². The maximum Gasteiger partial charge on any atom is 0.0232 e. The van der Waals surface area contributed by atoms with E-state index in [0.717, 1.165) is 5.75 Å². The Hall–Kier alpha value is -5.37. The standard InChI is InChI=1S/C45H30S/c1-4-13-32(14-5-1)41-37-19-10-11-20-38(37)42(33-15-6-2-7-16-33)45-40-28-27-35(36-21-12-22-39(43(36)40)44(41)45)31-25-23-30(24-26-31)29-46-34-17-8-3-9-18-34/h1-28H,29H2. The van der Waals surface area contributed by atoms with Gasteiger partial charge in [0.15, 0.2) is 0 Å². The van der Waals surface area contributed by atoms with E-state index in [0.29, 0.717) is 0 Å². The zero-order valence-corrected chi connectivity index (χ0v) is 26.1. The van der Waals surface area contributed by atoms with Crippen molar-refractivity contribution >= 4 is 33.3 Å². The molecule has 0 nitrogen and oxygen atoms in total. The molecular weight excluding hydrogens is 573 g/mol. The molecule has 0 aliphatic heterocycles. The van der Waals surface area contributed by atoms with Crippen LogP contribution < -0.4 is 0 Å². The summed E-state index contributed by atoms with van der Waals surface area (Å²) in [5.74, 6) is 0.960. The molecule has 0 bridgehead atoms. The van der Waals surface area contributed by atoms with Crippen LogP contribution in [0, 0.1) is 0 Å². The summed E-state index contributed by atoms with van der Waals surface area (Å²) in [5.41, 5.74) is 14.3. The Morgan fingerprint density at radius 3 is 1.43 bits per heavy atom. The second kappa shape index (κ2) is 11.2. The van der Waals surface area contributed by atoms with Gasteiger partial charge in [0.1, 0.15) is 0 Å². The second-order valence-electron chi connectivity index (χ2n) is 12.0. The smallest absolute Gasteiger partial charge is 0.0232 e. The summed E-state index contributed by atoms with van der Waals surface area (Å²) in [7, 11) is 0. The van der Waals surface area contributed by atoms with Crippen molar-refractivity contribution in [3.8, 4) is 55.6 Å². The Balaban J connectivity index is 1.26. The van der Waals surface area contributed by atoms with Crippen LogP contribution in [0.25, 0.3) is 77.2 Å². The molecule has 0 aromatic heterocycles. The highest BCUT2D eigenvalue weighted by Crippen LogP contribution is 2.58. The van der Waals surface area contributed by atoms with Crippen LogP contribution in [0.15, 0.2) is 175 Å². The quantitative estimate of drug-likeness (QED) is 0.171. The number of thioether (sulfide) groups is 1.